The van der Waals surface area contributed by atoms with Gasteiger partial charge in [0.05, 0.1) is 5.56 Å². The molecule has 0 aliphatic carbocycles. The maximum Gasteiger partial charge on any atom is 0.220 e. The zero-order valence-corrected chi connectivity index (χ0v) is 9.78. The van der Waals surface area contributed by atoms with Gasteiger partial charge >= 0.3 is 0 Å². The van der Waals surface area contributed by atoms with Gasteiger partial charge in [0.25, 0.3) is 0 Å². The molecule has 19 heavy (non-hydrogen) atoms. The van der Waals surface area contributed by atoms with E-state index >= 15 is 0 Å². The number of ketones is 2. The van der Waals surface area contributed by atoms with Crippen LogP contribution in [0.3, 0.4) is 0 Å². The number of alkyl halides is 1. The van der Waals surface area contributed by atoms with Gasteiger partial charge in [-0.05, 0) is 12.5 Å². The molecule has 0 saturated heterocycles. The molecule has 1 rings (SSSR count). The van der Waals surface area contributed by atoms with Gasteiger partial charge in [-0.2, -0.15) is 0 Å². The van der Waals surface area contributed by atoms with Gasteiger partial charge in [0, 0.05) is 6.42 Å². The van der Waals surface area contributed by atoms with Gasteiger partial charge in [0.1, 0.15) is 0 Å². The fraction of sp³-hybridized carbons (Fsp3) is 0.333. The number of carbonyl (C=O) groups excluding carboxylic acids is 2. The summed E-state index contributed by atoms with van der Waals surface area (Å²) < 4.78 is 65.0. The Balaban J connectivity index is 3.17. The van der Waals surface area contributed by atoms with Crippen molar-refractivity contribution in [3.63, 3.8) is 0 Å². The monoisotopic (exact) mass is 280 g/mol. The first-order chi connectivity index (χ1) is 8.81. The first-order valence-electron chi connectivity index (χ1n) is 5.35. The fourth-order valence-corrected chi connectivity index (χ4v) is 1.41. The molecule has 2 nitrogen and oxygen atoms in total. The van der Waals surface area contributed by atoms with Gasteiger partial charge in [0.15, 0.2) is 29.1 Å². The molecule has 1 aromatic carbocycles. The lowest BCUT2D eigenvalue weighted by Crippen LogP contribution is -2.27. The lowest BCUT2D eigenvalue weighted by molar-refractivity contribution is -0.122. The largest absolute Gasteiger partial charge is 0.296 e. The van der Waals surface area contributed by atoms with Crippen molar-refractivity contribution in [1.29, 1.82) is 0 Å². The zero-order valence-electron chi connectivity index (χ0n) is 9.78. The molecule has 0 aliphatic heterocycles. The highest BCUT2D eigenvalue weighted by atomic mass is 19.2. The van der Waals surface area contributed by atoms with Crippen LogP contribution in [0.4, 0.5) is 22.0 Å². The van der Waals surface area contributed by atoms with Gasteiger partial charge in [-0.1, -0.05) is 6.92 Å². The smallest absolute Gasteiger partial charge is 0.220 e. The summed E-state index contributed by atoms with van der Waals surface area (Å²) in [5.41, 5.74) is -1.33. The Bertz CT molecular complexity index is 527. The molecule has 0 aromatic heterocycles. The molecule has 0 N–H and O–H groups in total. The van der Waals surface area contributed by atoms with Gasteiger partial charge in [-0.15, -0.1) is 0 Å². The van der Waals surface area contributed by atoms with E-state index in [9.17, 15) is 31.5 Å². The van der Waals surface area contributed by atoms with E-state index in [1.54, 1.807) is 6.92 Å². The Morgan fingerprint density at radius 1 is 1.11 bits per heavy atom. The predicted molar refractivity (Wildman–Crippen MR) is 55.4 cm³/mol. The maximum absolute atomic E-state index is 13.4. The number of hydrogen-bond acceptors (Lipinski definition) is 2. The summed E-state index contributed by atoms with van der Waals surface area (Å²) in [6.45, 7) is 1.55. The Morgan fingerprint density at radius 2 is 1.68 bits per heavy atom. The highest BCUT2D eigenvalue weighted by Gasteiger charge is 2.31. The Kier molecular flexibility index (Phi) is 4.74. The summed E-state index contributed by atoms with van der Waals surface area (Å²) in [6, 6.07) is 0.0296. The van der Waals surface area contributed by atoms with Crippen LogP contribution in [-0.4, -0.2) is 17.7 Å². The van der Waals surface area contributed by atoms with Crippen LogP contribution in [0.25, 0.3) is 0 Å². The molecule has 0 bridgehead atoms. The van der Waals surface area contributed by atoms with Crippen LogP contribution in [0.5, 0.6) is 0 Å². The number of hydrogen-bond donors (Lipinski definition) is 0. The van der Waals surface area contributed by atoms with E-state index in [1.807, 2.05) is 0 Å². The number of carbonyl (C=O) groups is 2. The van der Waals surface area contributed by atoms with Crippen molar-refractivity contribution in [2.24, 2.45) is 0 Å². The van der Waals surface area contributed by atoms with Crippen molar-refractivity contribution >= 4 is 11.6 Å². The molecule has 0 spiro atoms. The molecule has 0 amide bonds. The topological polar surface area (TPSA) is 34.1 Å². The standard InChI is InChI=1S/C12H9F5O2/c1-2-3-7(18)10(16)12(19)5-4-6(13)9(15)11(17)8(5)14/h4,10H,2-3H2,1H3. The van der Waals surface area contributed by atoms with Crippen LogP contribution >= 0.6 is 0 Å². The number of benzene rings is 1. The van der Waals surface area contributed by atoms with E-state index in [0.29, 0.717) is 0 Å². The van der Waals surface area contributed by atoms with Crippen molar-refractivity contribution in [1.82, 2.24) is 0 Å². The van der Waals surface area contributed by atoms with Crippen LogP contribution in [-0.2, 0) is 4.79 Å². The van der Waals surface area contributed by atoms with Crippen LogP contribution in [0.15, 0.2) is 6.07 Å². The van der Waals surface area contributed by atoms with E-state index in [4.69, 9.17) is 0 Å². The van der Waals surface area contributed by atoms with Crippen molar-refractivity contribution in [2.75, 3.05) is 0 Å². The zero-order chi connectivity index (χ0) is 14.7. The summed E-state index contributed by atoms with van der Waals surface area (Å²) in [6.07, 6.45) is -2.75. The summed E-state index contributed by atoms with van der Waals surface area (Å²) in [5, 5.41) is 0. The second-order valence-electron chi connectivity index (χ2n) is 3.79. The van der Waals surface area contributed by atoms with Crippen molar-refractivity contribution in [3.8, 4) is 0 Å². The van der Waals surface area contributed by atoms with E-state index in [-0.39, 0.29) is 18.9 Å². The minimum Gasteiger partial charge on any atom is -0.296 e. The Morgan fingerprint density at radius 3 is 2.21 bits per heavy atom. The van der Waals surface area contributed by atoms with Crippen LogP contribution in [0, 0.1) is 23.3 Å². The molecule has 1 atom stereocenters. The normalized spacial score (nSPS) is 12.3. The molecule has 0 radical (unpaired) electrons. The number of rotatable bonds is 5. The molecular formula is C12H9F5O2. The van der Waals surface area contributed by atoms with Gasteiger partial charge in [-0.25, -0.2) is 22.0 Å². The van der Waals surface area contributed by atoms with Gasteiger partial charge in [-0.3, -0.25) is 9.59 Å². The van der Waals surface area contributed by atoms with Gasteiger partial charge < -0.3 is 0 Å². The quantitative estimate of drug-likeness (QED) is 0.273. The van der Waals surface area contributed by atoms with E-state index < -0.39 is 46.6 Å². The van der Waals surface area contributed by atoms with Crippen LogP contribution < -0.4 is 0 Å². The first kappa shape index (κ1) is 15.3. The molecule has 1 aromatic rings. The SMILES string of the molecule is CCCC(=O)C(F)C(=O)c1cc(F)c(F)c(F)c1F. The summed E-state index contributed by atoms with van der Waals surface area (Å²) in [7, 11) is 0. The second kappa shape index (κ2) is 5.90. The van der Waals surface area contributed by atoms with Crippen molar-refractivity contribution in [3.05, 3.63) is 34.9 Å². The van der Waals surface area contributed by atoms with E-state index in [0.717, 1.165) is 0 Å². The molecular weight excluding hydrogens is 271 g/mol. The van der Waals surface area contributed by atoms with Gasteiger partial charge in [0.2, 0.25) is 12.0 Å². The molecule has 0 aliphatic rings. The van der Waals surface area contributed by atoms with Crippen LogP contribution in [0.1, 0.15) is 30.1 Å². The van der Waals surface area contributed by atoms with Crippen molar-refractivity contribution < 1.29 is 31.5 Å². The number of Topliss-reactive ketones (excluding diaryl/α,β-unsaturated/α-hetero) is 2. The van der Waals surface area contributed by atoms with Crippen molar-refractivity contribution in [2.45, 2.75) is 25.9 Å². The average molecular weight is 280 g/mol. The second-order valence-corrected chi connectivity index (χ2v) is 3.79. The average Bonchev–Trinajstić information content (AvgIpc) is 2.39. The predicted octanol–water partition coefficient (Wildman–Crippen LogP) is 3.13. The third-order valence-electron chi connectivity index (χ3n) is 2.38. The van der Waals surface area contributed by atoms with E-state index in [1.165, 1.54) is 0 Å². The maximum atomic E-state index is 13.4. The first-order valence-corrected chi connectivity index (χ1v) is 5.35. The summed E-state index contributed by atoms with van der Waals surface area (Å²) in [5.74, 6) is -11.0. The highest BCUT2D eigenvalue weighted by molar-refractivity contribution is 6.13. The van der Waals surface area contributed by atoms with Crippen LogP contribution in [0.2, 0.25) is 0 Å². The third-order valence-corrected chi connectivity index (χ3v) is 2.38. The fourth-order valence-electron chi connectivity index (χ4n) is 1.41. The molecule has 0 saturated carbocycles. The summed E-state index contributed by atoms with van der Waals surface area (Å²) in [4.78, 5) is 22.5. The summed E-state index contributed by atoms with van der Waals surface area (Å²) >= 11 is 0. The highest BCUT2D eigenvalue weighted by Crippen LogP contribution is 2.21. The molecule has 0 heterocycles. The molecule has 1 unspecified atom stereocenters. The molecule has 0 fully saturated rings. The molecule has 7 heteroatoms. The Hall–Kier alpha value is -1.79. The Labute approximate surface area is 105 Å². The number of halogens is 5. The molecule has 104 valence electrons. The van der Waals surface area contributed by atoms with E-state index in [2.05, 4.69) is 0 Å². The third kappa shape index (κ3) is 2.97. The minimum absolute atomic E-state index is 0.0296. The lowest BCUT2D eigenvalue weighted by atomic mass is 10.0. The minimum atomic E-state index is -2.72. The lowest BCUT2D eigenvalue weighted by Gasteiger charge is -2.08.